The summed E-state index contributed by atoms with van der Waals surface area (Å²) in [5, 5.41) is 101. The number of aliphatic hydroxyl groups excluding tert-OH is 7. The van der Waals surface area contributed by atoms with E-state index in [-0.39, 0.29) is 5.39 Å². The molecule has 2 aliphatic heterocycles. The van der Waals surface area contributed by atoms with E-state index in [1.54, 1.807) is 0 Å². The first-order valence-electron chi connectivity index (χ1n) is 11.5. The van der Waals surface area contributed by atoms with Crippen molar-refractivity contribution in [2.45, 2.75) is 61.4 Å². The Balaban J connectivity index is 1.58. The summed E-state index contributed by atoms with van der Waals surface area (Å²) >= 11 is 0. The number of phenolic OH excluding ortho intramolecular Hbond substituents is 2. The molecule has 0 aromatic heterocycles. The van der Waals surface area contributed by atoms with Gasteiger partial charge in [0, 0.05) is 0 Å². The molecule has 0 amide bonds. The van der Waals surface area contributed by atoms with Gasteiger partial charge in [0.25, 0.3) is 0 Å². The lowest BCUT2D eigenvalue weighted by atomic mass is 9.97. The van der Waals surface area contributed by atoms with E-state index in [9.17, 15) is 55.9 Å². The summed E-state index contributed by atoms with van der Waals surface area (Å²) in [4.78, 5) is 12.3. The van der Waals surface area contributed by atoms with Gasteiger partial charge in [0.1, 0.15) is 48.8 Å². The van der Waals surface area contributed by atoms with Crippen molar-refractivity contribution in [1.82, 2.24) is 0 Å². The average Bonchev–Trinajstić information content (AvgIpc) is 3.04. The van der Waals surface area contributed by atoms with Crippen LogP contribution in [0.2, 0.25) is 0 Å². The molecule has 2 aromatic carbocycles. The minimum Gasteiger partial charge on any atom is -0.504 e. The van der Waals surface area contributed by atoms with Crippen molar-refractivity contribution < 1.29 is 70.0 Å². The van der Waals surface area contributed by atoms with Crippen molar-refractivity contribution in [1.29, 1.82) is 0 Å². The lowest BCUT2D eigenvalue weighted by Crippen LogP contribution is -2.65. The number of aliphatic hydroxyl groups is 7. The van der Waals surface area contributed by atoms with Crippen LogP contribution < -0.4 is 10.2 Å². The van der Waals surface area contributed by atoms with Gasteiger partial charge in [0.2, 0.25) is 17.5 Å². The van der Waals surface area contributed by atoms with Gasteiger partial charge in [0.15, 0.2) is 23.5 Å². The summed E-state index contributed by atoms with van der Waals surface area (Å²) in [6.07, 6.45) is -16.9. The number of rotatable bonds is 6. The fourth-order valence-corrected chi connectivity index (χ4v) is 4.34. The highest BCUT2D eigenvalue weighted by Gasteiger charge is 2.51. The zero-order chi connectivity index (χ0) is 27.9. The molecule has 2 heterocycles. The monoisotopic (exact) mass is 544 g/mol. The molecule has 15 nitrogen and oxygen atoms in total. The third kappa shape index (κ3) is 4.96. The number of hydrogen-bond acceptors (Lipinski definition) is 15. The molecule has 0 spiro atoms. The maximum atomic E-state index is 12.3. The van der Waals surface area contributed by atoms with Crippen LogP contribution in [0.1, 0.15) is 0 Å². The van der Waals surface area contributed by atoms with E-state index in [0.717, 1.165) is 12.1 Å². The van der Waals surface area contributed by atoms with Crippen LogP contribution in [0.4, 0.5) is 0 Å². The molecule has 2 fully saturated rings. The Morgan fingerprint density at radius 1 is 0.763 bits per heavy atom. The second-order valence-corrected chi connectivity index (χ2v) is 8.90. The summed E-state index contributed by atoms with van der Waals surface area (Å²) in [6.45, 7) is -1.57. The van der Waals surface area contributed by atoms with E-state index in [4.69, 9.17) is 18.9 Å². The van der Waals surface area contributed by atoms with Crippen LogP contribution in [-0.2, 0) is 14.2 Å². The molecule has 10 N–H and O–H groups in total. The second kappa shape index (κ2) is 11.1. The van der Waals surface area contributed by atoms with Crippen LogP contribution in [-0.4, -0.2) is 126 Å². The van der Waals surface area contributed by atoms with Crippen molar-refractivity contribution in [2.24, 2.45) is 0 Å². The standard InChI is InChI=1S/C23H28O15/c24-5-10-15(29)17(31)19(33)23(36-10)38-21-11(6-25)37-22(20(34)18(21)32)35-9-4-7-2-1-3-8(26)13(27)12(7)16(30)14(9)28/h1-4,10-11,15,17-25,28-34H,5-6H2,(H,26,27)/t10-,11-,15+,17+,18-,19-,20-,21-,22-,23+/m1/s1. The molecule has 2 saturated heterocycles. The van der Waals surface area contributed by atoms with Gasteiger partial charge < -0.3 is 70.0 Å². The average molecular weight is 544 g/mol. The number of benzene rings is 1. The van der Waals surface area contributed by atoms with Gasteiger partial charge in [-0.15, -0.1) is 0 Å². The molecule has 0 bridgehead atoms. The molecular formula is C23H28O15. The molecule has 2 aromatic rings. The summed E-state index contributed by atoms with van der Waals surface area (Å²) in [7, 11) is 0. The Kier molecular flexibility index (Phi) is 8.24. The lowest BCUT2D eigenvalue weighted by Gasteiger charge is -2.45. The lowest BCUT2D eigenvalue weighted by molar-refractivity contribution is -0.352. The van der Waals surface area contributed by atoms with Crippen LogP contribution in [0.5, 0.6) is 23.0 Å². The van der Waals surface area contributed by atoms with Gasteiger partial charge in [-0.3, -0.25) is 4.79 Å². The fourth-order valence-electron chi connectivity index (χ4n) is 4.34. The highest BCUT2D eigenvalue weighted by atomic mass is 16.7. The maximum Gasteiger partial charge on any atom is 0.231 e. The Bertz CT molecular complexity index is 1200. The number of aromatic hydroxyl groups is 3. The highest BCUT2D eigenvalue weighted by Crippen LogP contribution is 2.42. The van der Waals surface area contributed by atoms with E-state index >= 15 is 0 Å². The molecular weight excluding hydrogens is 516 g/mol. The van der Waals surface area contributed by atoms with Crippen molar-refractivity contribution in [3.8, 4) is 23.0 Å². The van der Waals surface area contributed by atoms with Crippen LogP contribution >= 0.6 is 0 Å². The summed E-state index contributed by atoms with van der Waals surface area (Å²) in [5.74, 6) is -3.04. The van der Waals surface area contributed by atoms with Crippen molar-refractivity contribution in [3.05, 3.63) is 34.5 Å². The topological polar surface area (TPSA) is 256 Å². The molecule has 0 radical (unpaired) electrons. The summed E-state index contributed by atoms with van der Waals surface area (Å²) < 4.78 is 21.6. The second-order valence-electron chi connectivity index (χ2n) is 8.90. The van der Waals surface area contributed by atoms with Crippen LogP contribution in [0.15, 0.2) is 29.1 Å². The smallest absolute Gasteiger partial charge is 0.231 e. The molecule has 38 heavy (non-hydrogen) atoms. The Morgan fingerprint density at radius 2 is 1.39 bits per heavy atom. The van der Waals surface area contributed by atoms with Gasteiger partial charge in [0.05, 0.1) is 18.6 Å². The molecule has 15 heteroatoms. The SMILES string of the molecule is O=c1c(O)cccc2cc(O[C@@H]3O[C@H](CO)[C@@H](O[C@@H]4O[C@H](CO)[C@H](O)[C@H](O)[C@H]4O)[C@H](O)[C@H]3O)c(O)c(O)c12. The first-order valence-corrected chi connectivity index (χ1v) is 11.5. The van der Waals surface area contributed by atoms with Gasteiger partial charge in [-0.1, -0.05) is 12.1 Å². The van der Waals surface area contributed by atoms with E-state index in [2.05, 4.69) is 0 Å². The quantitative estimate of drug-likeness (QED) is 0.157. The highest BCUT2D eigenvalue weighted by molar-refractivity contribution is 5.92. The summed E-state index contributed by atoms with van der Waals surface area (Å²) in [6, 6.07) is 4.82. The third-order valence-electron chi connectivity index (χ3n) is 6.46. The minimum absolute atomic E-state index is 0.0361. The van der Waals surface area contributed by atoms with Crippen LogP contribution in [0, 0.1) is 0 Å². The van der Waals surface area contributed by atoms with E-state index in [0.29, 0.717) is 0 Å². The third-order valence-corrected chi connectivity index (χ3v) is 6.46. The van der Waals surface area contributed by atoms with Crippen molar-refractivity contribution in [2.75, 3.05) is 13.2 Å². The molecule has 0 unspecified atom stereocenters. The summed E-state index contributed by atoms with van der Waals surface area (Å²) in [5.41, 5.74) is -0.970. The molecule has 2 aliphatic rings. The minimum atomic E-state index is -1.92. The van der Waals surface area contributed by atoms with E-state index < -0.39 is 108 Å². The predicted molar refractivity (Wildman–Crippen MR) is 122 cm³/mol. The molecule has 10 atom stereocenters. The van der Waals surface area contributed by atoms with Gasteiger partial charge >= 0.3 is 0 Å². The van der Waals surface area contributed by atoms with E-state index in [1.165, 1.54) is 12.1 Å². The number of ether oxygens (including phenoxy) is 4. The number of hydrogen-bond donors (Lipinski definition) is 10. The molecule has 210 valence electrons. The first-order chi connectivity index (χ1) is 18.0. The molecule has 4 rings (SSSR count). The number of phenols is 2. The Labute approximate surface area is 213 Å². The van der Waals surface area contributed by atoms with Crippen LogP contribution in [0.25, 0.3) is 10.8 Å². The van der Waals surface area contributed by atoms with E-state index in [1.807, 2.05) is 0 Å². The molecule has 0 saturated carbocycles. The maximum absolute atomic E-state index is 12.3. The van der Waals surface area contributed by atoms with Crippen molar-refractivity contribution in [3.63, 3.8) is 0 Å². The largest absolute Gasteiger partial charge is 0.504 e. The zero-order valence-corrected chi connectivity index (χ0v) is 19.5. The van der Waals surface area contributed by atoms with Crippen LogP contribution in [0.3, 0.4) is 0 Å². The van der Waals surface area contributed by atoms with Crippen molar-refractivity contribution >= 4 is 10.8 Å². The number of fused-ring (bicyclic) bond motifs is 1. The first kappa shape index (κ1) is 28.2. The molecule has 0 aliphatic carbocycles. The normalized spacial score (nSPS) is 35.8. The Morgan fingerprint density at radius 3 is 2.05 bits per heavy atom. The zero-order valence-electron chi connectivity index (χ0n) is 19.5. The van der Waals surface area contributed by atoms with Gasteiger partial charge in [-0.25, -0.2) is 0 Å². The van der Waals surface area contributed by atoms with Gasteiger partial charge in [-0.2, -0.15) is 0 Å². The van der Waals surface area contributed by atoms with Gasteiger partial charge in [-0.05, 0) is 17.5 Å². The predicted octanol–water partition coefficient (Wildman–Crippen LogP) is -3.68. The Hall–Kier alpha value is -2.83. The fraction of sp³-hybridized carbons (Fsp3) is 0.522.